The second kappa shape index (κ2) is 4.58. The van der Waals surface area contributed by atoms with Gasteiger partial charge in [0.05, 0.1) is 6.10 Å². The molecule has 1 N–H and O–H groups in total. The first kappa shape index (κ1) is 12.6. The van der Waals surface area contributed by atoms with E-state index < -0.39 is 0 Å². The van der Waals surface area contributed by atoms with Crippen molar-refractivity contribution in [1.82, 2.24) is 9.36 Å². The molecule has 0 aliphatic rings. The van der Waals surface area contributed by atoms with Crippen LogP contribution in [0, 0.1) is 5.41 Å². The molecule has 0 aliphatic carbocycles. The van der Waals surface area contributed by atoms with Gasteiger partial charge in [-0.05, 0) is 16.9 Å². The molecule has 86 valence electrons. The van der Waals surface area contributed by atoms with E-state index in [-0.39, 0.29) is 11.5 Å². The summed E-state index contributed by atoms with van der Waals surface area (Å²) in [4.78, 5) is 4.41. The molecule has 1 rings (SSSR count). The van der Waals surface area contributed by atoms with E-state index in [1.54, 1.807) is 0 Å². The lowest BCUT2D eigenvalue weighted by Crippen LogP contribution is -2.28. The van der Waals surface area contributed by atoms with E-state index in [1.165, 1.54) is 11.5 Å². The third-order valence-corrected chi connectivity index (χ3v) is 3.11. The largest absolute Gasteiger partial charge is 0.392 e. The highest BCUT2D eigenvalue weighted by molar-refractivity contribution is 7.05. The minimum absolute atomic E-state index is 0.0936. The summed E-state index contributed by atoms with van der Waals surface area (Å²) in [7, 11) is 0. The topological polar surface area (TPSA) is 46.0 Å². The number of aliphatic hydroxyl groups excluding tert-OH is 1. The molecule has 4 heteroatoms. The normalized spacial score (nSPS) is 14.6. The van der Waals surface area contributed by atoms with Crippen LogP contribution in [0.5, 0.6) is 0 Å². The van der Waals surface area contributed by atoms with Crippen LogP contribution in [-0.2, 0) is 6.42 Å². The van der Waals surface area contributed by atoms with Gasteiger partial charge in [0.15, 0.2) is 0 Å². The van der Waals surface area contributed by atoms with Crippen LogP contribution in [0.4, 0.5) is 0 Å². The number of aliphatic hydroxyl groups is 1. The summed E-state index contributed by atoms with van der Waals surface area (Å²) in [6.07, 6.45) is 0.249. The fourth-order valence-electron chi connectivity index (χ4n) is 1.06. The van der Waals surface area contributed by atoms with Gasteiger partial charge >= 0.3 is 0 Å². The van der Waals surface area contributed by atoms with Crippen molar-refractivity contribution >= 4 is 11.5 Å². The van der Waals surface area contributed by atoms with E-state index >= 15 is 0 Å². The first-order valence-corrected chi connectivity index (χ1v) is 6.08. The molecule has 3 nitrogen and oxygen atoms in total. The van der Waals surface area contributed by atoms with Crippen molar-refractivity contribution in [2.45, 2.75) is 53.1 Å². The third kappa shape index (κ3) is 3.54. The molecule has 0 saturated carbocycles. The van der Waals surface area contributed by atoms with E-state index in [1.807, 2.05) is 20.8 Å². The Kier molecular flexibility index (Phi) is 3.84. The van der Waals surface area contributed by atoms with Gasteiger partial charge in [-0.25, -0.2) is 4.98 Å². The number of aromatic nitrogens is 2. The standard InChI is InChI=1S/C11H20N2OS/c1-7(2)10-12-9(15-13-10)6-8(14)11(3,4)5/h7-8,14H,6H2,1-5H3. The molecule has 0 spiro atoms. The van der Waals surface area contributed by atoms with E-state index in [0.29, 0.717) is 12.3 Å². The Bertz CT molecular complexity index is 315. The fourth-order valence-corrected chi connectivity index (χ4v) is 1.87. The predicted octanol–water partition coefficient (Wildman–Crippen LogP) is 2.61. The minimum atomic E-state index is -0.356. The van der Waals surface area contributed by atoms with Gasteiger partial charge in [0.2, 0.25) is 0 Å². The van der Waals surface area contributed by atoms with Crippen LogP contribution in [0.15, 0.2) is 0 Å². The molecule has 0 aliphatic heterocycles. The molecule has 0 radical (unpaired) electrons. The van der Waals surface area contributed by atoms with Crippen molar-refractivity contribution in [3.63, 3.8) is 0 Å². The van der Waals surface area contributed by atoms with Crippen molar-refractivity contribution in [2.24, 2.45) is 5.41 Å². The highest BCUT2D eigenvalue weighted by Crippen LogP contribution is 2.23. The van der Waals surface area contributed by atoms with Gasteiger partial charge < -0.3 is 5.11 Å². The zero-order chi connectivity index (χ0) is 11.6. The van der Waals surface area contributed by atoms with Crippen LogP contribution in [0.1, 0.15) is 51.4 Å². The summed E-state index contributed by atoms with van der Waals surface area (Å²) in [6.45, 7) is 10.2. The summed E-state index contributed by atoms with van der Waals surface area (Å²) < 4.78 is 4.27. The molecule has 1 atom stereocenters. The Morgan fingerprint density at radius 1 is 1.33 bits per heavy atom. The summed E-state index contributed by atoms with van der Waals surface area (Å²) in [5.41, 5.74) is -0.0936. The fraction of sp³-hybridized carbons (Fsp3) is 0.818. The molecule has 1 aromatic rings. The van der Waals surface area contributed by atoms with Gasteiger partial charge in [0.1, 0.15) is 10.8 Å². The Labute approximate surface area is 95.7 Å². The van der Waals surface area contributed by atoms with Gasteiger partial charge in [-0.3, -0.25) is 0 Å². The van der Waals surface area contributed by atoms with Crippen molar-refractivity contribution in [2.75, 3.05) is 0 Å². The number of rotatable bonds is 3. The zero-order valence-corrected chi connectivity index (χ0v) is 10.9. The number of nitrogens with zero attached hydrogens (tertiary/aromatic N) is 2. The molecule has 0 fully saturated rings. The lowest BCUT2D eigenvalue weighted by molar-refractivity contribution is 0.0635. The van der Waals surface area contributed by atoms with Gasteiger partial charge in [-0.15, -0.1) is 0 Å². The van der Waals surface area contributed by atoms with Gasteiger partial charge in [-0.2, -0.15) is 4.37 Å². The Balaban J connectivity index is 2.65. The molecule has 15 heavy (non-hydrogen) atoms. The summed E-state index contributed by atoms with van der Waals surface area (Å²) >= 11 is 1.40. The number of hydrogen-bond donors (Lipinski definition) is 1. The lowest BCUT2D eigenvalue weighted by atomic mass is 9.87. The molecule has 1 aromatic heterocycles. The predicted molar refractivity (Wildman–Crippen MR) is 63.2 cm³/mol. The molecule has 0 amide bonds. The van der Waals surface area contributed by atoms with Crippen molar-refractivity contribution in [3.8, 4) is 0 Å². The minimum Gasteiger partial charge on any atom is -0.392 e. The second-order valence-electron chi connectivity index (χ2n) is 5.29. The summed E-state index contributed by atoms with van der Waals surface area (Å²) in [5.74, 6) is 1.25. The second-order valence-corrected chi connectivity index (χ2v) is 6.12. The average molecular weight is 228 g/mol. The molecule has 1 unspecified atom stereocenters. The van der Waals surface area contributed by atoms with E-state index in [0.717, 1.165) is 10.8 Å². The van der Waals surface area contributed by atoms with Crippen LogP contribution in [0.2, 0.25) is 0 Å². The Morgan fingerprint density at radius 2 is 1.93 bits per heavy atom. The SMILES string of the molecule is CC(C)c1nsc(CC(O)C(C)(C)C)n1. The maximum atomic E-state index is 9.93. The van der Waals surface area contributed by atoms with Gasteiger partial charge in [-0.1, -0.05) is 34.6 Å². The first-order chi connectivity index (χ1) is 6.80. The van der Waals surface area contributed by atoms with Crippen LogP contribution in [0.3, 0.4) is 0 Å². The Hall–Kier alpha value is -0.480. The zero-order valence-electron chi connectivity index (χ0n) is 10.1. The van der Waals surface area contributed by atoms with Crippen molar-refractivity contribution in [3.05, 3.63) is 10.8 Å². The number of hydrogen-bond acceptors (Lipinski definition) is 4. The van der Waals surface area contributed by atoms with Crippen molar-refractivity contribution in [1.29, 1.82) is 0 Å². The molecule has 0 saturated heterocycles. The molecular formula is C11H20N2OS. The quantitative estimate of drug-likeness (QED) is 0.865. The van der Waals surface area contributed by atoms with Crippen molar-refractivity contribution < 1.29 is 5.11 Å². The molecular weight excluding hydrogens is 208 g/mol. The van der Waals surface area contributed by atoms with Crippen LogP contribution in [0.25, 0.3) is 0 Å². The lowest BCUT2D eigenvalue weighted by Gasteiger charge is -2.24. The third-order valence-electron chi connectivity index (χ3n) is 2.37. The van der Waals surface area contributed by atoms with Crippen LogP contribution >= 0.6 is 11.5 Å². The Morgan fingerprint density at radius 3 is 2.33 bits per heavy atom. The highest BCUT2D eigenvalue weighted by atomic mass is 32.1. The monoisotopic (exact) mass is 228 g/mol. The molecule has 0 bridgehead atoms. The van der Waals surface area contributed by atoms with E-state index in [4.69, 9.17) is 0 Å². The molecule has 1 heterocycles. The van der Waals surface area contributed by atoms with E-state index in [9.17, 15) is 5.11 Å². The highest BCUT2D eigenvalue weighted by Gasteiger charge is 2.23. The maximum Gasteiger partial charge on any atom is 0.145 e. The first-order valence-electron chi connectivity index (χ1n) is 5.31. The smallest absolute Gasteiger partial charge is 0.145 e. The summed E-state index contributed by atoms with van der Waals surface area (Å²) in [6, 6.07) is 0. The maximum absolute atomic E-state index is 9.93. The van der Waals surface area contributed by atoms with E-state index in [2.05, 4.69) is 23.2 Å². The van der Waals surface area contributed by atoms with Gasteiger partial charge in [0, 0.05) is 12.3 Å². The van der Waals surface area contributed by atoms with Gasteiger partial charge in [0.25, 0.3) is 0 Å². The summed E-state index contributed by atoms with van der Waals surface area (Å²) in [5, 5.41) is 10.9. The van der Waals surface area contributed by atoms with Crippen LogP contribution in [-0.4, -0.2) is 20.6 Å². The average Bonchev–Trinajstić information content (AvgIpc) is 2.50. The molecule has 0 aromatic carbocycles. The van der Waals surface area contributed by atoms with Crippen LogP contribution < -0.4 is 0 Å².